The molecule has 0 fully saturated rings. The number of rotatable bonds is 11. The Balaban J connectivity index is 1.30. The maximum atomic E-state index is 12.1. The molecule has 0 aliphatic rings. The van der Waals surface area contributed by atoms with Gasteiger partial charge >= 0.3 is 0 Å². The van der Waals surface area contributed by atoms with E-state index in [0.29, 0.717) is 31.7 Å². The van der Waals surface area contributed by atoms with Gasteiger partial charge in [0, 0.05) is 31.1 Å². The number of nitrogens with zero attached hydrogens (tertiary/aromatic N) is 1. The third kappa shape index (κ3) is 8.30. The van der Waals surface area contributed by atoms with E-state index < -0.39 is 0 Å². The number of aromatic nitrogens is 1. The molecule has 2 N–H and O–H groups in total. The normalized spacial score (nSPS) is 10.3. The molecule has 3 rings (SSSR count). The summed E-state index contributed by atoms with van der Waals surface area (Å²) in [5, 5.41) is 5.66. The van der Waals surface area contributed by atoms with Crippen LogP contribution in [0.2, 0.25) is 0 Å². The number of amides is 2. The molecule has 31 heavy (non-hydrogen) atoms. The second-order valence-electron chi connectivity index (χ2n) is 7.11. The summed E-state index contributed by atoms with van der Waals surface area (Å²) in [5.41, 5.74) is 2.75. The molecule has 2 amide bonds. The maximum Gasteiger partial charge on any atom is 0.224 e. The Bertz CT molecular complexity index is 945. The molecule has 0 saturated heterocycles. The Morgan fingerprint density at radius 2 is 1.58 bits per heavy atom. The van der Waals surface area contributed by atoms with Crippen molar-refractivity contribution in [2.45, 2.75) is 32.2 Å². The summed E-state index contributed by atoms with van der Waals surface area (Å²) < 4.78 is 5.75. The molecule has 0 spiro atoms. The molecule has 2 aromatic carbocycles. The van der Waals surface area contributed by atoms with Crippen molar-refractivity contribution in [2.24, 2.45) is 0 Å². The Labute approximate surface area is 182 Å². The highest BCUT2D eigenvalue weighted by Gasteiger charge is 2.06. The van der Waals surface area contributed by atoms with Gasteiger partial charge in [0.25, 0.3) is 0 Å². The predicted molar refractivity (Wildman–Crippen MR) is 121 cm³/mol. The van der Waals surface area contributed by atoms with Gasteiger partial charge < -0.3 is 15.4 Å². The minimum Gasteiger partial charge on any atom is -0.493 e. The number of anilines is 1. The van der Waals surface area contributed by atoms with Gasteiger partial charge in [-0.05, 0) is 48.4 Å². The first-order valence-electron chi connectivity index (χ1n) is 10.4. The predicted octanol–water partition coefficient (Wildman–Crippen LogP) is 4.13. The van der Waals surface area contributed by atoms with Crippen molar-refractivity contribution < 1.29 is 14.3 Å². The number of nitrogens with one attached hydrogen (secondary N) is 2. The van der Waals surface area contributed by atoms with Crippen molar-refractivity contribution in [3.05, 3.63) is 90.3 Å². The fourth-order valence-electron chi connectivity index (χ4n) is 2.98. The van der Waals surface area contributed by atoms with Gasteiger partial charge in [0.15, 0.2) is 0 Å². The summed E-state index contributed by atoms with van der Waals surface area (Å²) in [7, 11) is 0. The van der Waals surface area contributed by atoms with Crippen LogP contribution in [-0.4, -0.2) is 23.4 Å². The van der Waals surface area contributed by atoms with Gasteiger partial charge in [-0.1, -0.05) is 36.4 Å². The van der Waals surface area contributed by atoms with Crippen molar-refractivity contribution in [3.8, 4) is 5.75 Å². The summed E-state index contributed by atoms with van der Waals surface area (Å²) in [6.45, 7) is 0.990. The van der Waals surface area contributed by atoms with Crippen LogP contribution >= 0.6 is 0 Å². The molecule has 3 aromatic rings. The zero-order valence-corrected chi connectivity index (χ0v) is 17.4. The maximum absolute atomic E-state index is 12.1. The quantitative estimate of drug-likeness (QED) is 0.492. The monoisotopic (exact) mass is 417 g/mol. The Morgan fingerprint density at radius 1 is 0.839 bits per heavy atom. The first-order valence-corrected chi connectivity index (χ1v) is 10.4. The minimum atomic E-state index is -0.115. The van der Waals surface area contributed by atoms with Gasteiger partial charge in [-0.3, -0.25) is 14.6 Å². The second kappa shape index (κ2) is 12.1. The van der Waals surface area contributed by atoms with E-state index in [1.54, 1.807) is 6.20 Å². The van der Waals surface area contributed by atoms with Gasteiger partial charge in [-0.2, -0.15) is 0 Å². The van der Waals surface area contributed by atoms with Crippen LogP contribution in [0.5, 0.6) is 5.75 Å². The summed E-state index contributed by atoms with van der Waals surface area (Å²) in [6, 6.07) is 23.0. The summed E-state index contributed by atoms with van der Waals surface area (Å²) in [6.07, 6.45) is 3.60. The van der Waals surface area contributed by atoms with Crippen molar-refractivity contribution in [1.29, 1.82) is 0 Å². The Hall–Kier alpha value is -3.67. The number of carbonyl (C=O) groups excluding carboxylic acids is 2. The molecular formula is C25H27N3O3. The van der Waals surface area contributed by atoms with Gasteiger partial charge in [-0.25, -0.2) is 0 Å². The molecule has 0 saturated carbocycles. The lowest BCUT2D eigenvalue weighted by Crippen LogP contribution is -2.23. The van der Waals surface area contributed by atoms with Crippen LogP contribution < -0.4 is 15.4 Å². The number of hydrogen-bond donors (Lipinski definition) is 2. The molecular weight excluding hydrogens is 390 g/mol. The number of carbonyl (C=O) groups is 2. The SMILES string of the molecule is O=C(CCCC(=O)Nc1ccc(OCCc2ccccc2)cc1)NCc1ccccn1. The zero-order chi connectivity index (χ0) is 21.7. The molecule has 1 heterocycles. The average molecular weight is 418 g/mol. The number of ether oxygens (including phenoxy) is 1. The highest BCUT2D eigenvalue weighted by atomic mass is 16.5. The van der Waals surface area contributed by atoms with E-state index in [4.69, 9.17) is 4.74 Å². The minimum absolute atomic E-state index is 0.0875. The third-order valence-electron chi connectivity index (χ3n) is 4.64. The van der Waals surface area contributed by atoms with Crippen LogP contribution in [0.1, 0.15) is 30.5 Å². The third-order valence-corrected chi connectivity index (χ3v) is 4.64. The molecule has 0 atom stereocenters. The van der Waals surface area contributed by atoms with Crippen LogP contribution in [-0.2, 0) is 22.6 Å². The summed E-state index contributed by atoms with van der Waals surface area (Å²) in [5.74, 6) is 0.559. The van der Waals surface area contributed by atoms with Crippen molar-refractivity contribution in [1.82, 2.24) is 10.3 Å². The average Bonchev–Trinajstić information content (AvgIpc) is 2.80. The smallest absolute Gasteiger partial charge is 0.224 e. The number of hydrogen-bond acceptors (Lipinski definition) is 4. The van der Waals surface area contributed by atoms with Gasteiger partial charge in [0.1, 0.15) is 5.75 Å². The molecule has 160 valence electrons. The van der Waals surface area contributed by atoms with Crippen LogP contribution in [0.3, 0.4) is 0 Å². The van der Waals surface area contributed by atoms with Crippen LogP contribution in [0.4, 0.5) is 5.69 Å². The molecule has 0 aliphatic heterocycles. The first kappa shape index (κ1) is 22.0. The highest BCUT2D eigenvalue weighted by molar-refractivity contribution is 5.91. The zero-order valence-electron chi connectivity index (χ0n) is 17.4. The van der Waals surface area contributed by atoms with E-state index >= 15 is 0 Å². The van der Waals surface area contributed by atoms with Crippen molar-refractivity contribution in [2.75, 3.05) is 11.9 Å². The van der Waals surface area contributed by atoms with E-state index in [2.05, 4.69) is 27.8 Å². The van der Waals surface area contributed by atoms with Gasteiger partial charge in [0.05, 0.1) is 18.8 Å². The lowest BCUT2D eigenvalue weighted by molar-refractivity contribution is -0.121. The first-order chi connectivity index (χ1) is 15.2. The highest BCUT2D eigenvalue weighted by Crippen LogP contribution is 2.16. The number of benzene rings is 2. The molecule has 0 unspecified atom stereocenters. The largest absolute Gasteiger partial charge is 0.493 e. The van der Waals surface area contributed by atoms with Crippen LogP contribution in [0.15, 0.2) is 79.0 Å². The van der Waals surface area contributed by atoms with Crippen molar-refractivity contribution >= 4 is 17.5 Å². The van der Waals surface area contributed by atoms with E-state index in [1.807, 2.05) is 60.7 Å². The van der Waals surface area contributed by atoms with Gasteiger partial charge in [0.2, 0.25) is 11.8 Å². The fraction of sp³-hybridized carbons (Fsp3) is 0.240. The van der Waals surface area contributed by atoms with E-state index in [-0.39, 0.29) is 18.2 Å². The molecule has 0 radical (unpaired) electrons. The molecule has 1 aromatic heterocycles. The van der Waals surface area contributed by atoms with Gasteiger partial charge in [-0.15, -0.1) is 0 Å². The van der Waals surface area contributed by atoms with Crippen LogP contribution in [0.25, 0.3) is 0 Å². The van der Waals surface area contributed by atoms with E-state index in [0.717, 1.165) is 17.9 Å². The number of pyridine rings is 1. The standard InChI is InChI=1S/C25H27N3O3/c29-24(27-19-22-9-4-5-17-26-22)10-6-11-25(30)28-21-12-14-23(15-13-21)31-18-16-20-7-2-1-3-8-20/h1-5,7-9,12-15,17H,6,10-11,16,18-19H2,(H,27,29)(H,28,30). The Morgan fingerprint density at radius 3 is 2.32 bits per heavy atom. The fourth-order valence-corrected chi connectivity index (χ4v) is 2.98. The molecule has 6 nitrogen and oxygen atoms in total. The summed E-state index contributed by atoms with van der Waals surface area (Å²) >= 11 is 0. The lowest BCUT2D eigenvalue weighted by Gasteiger charge is -2.09. The second-order valence-corrected chi connectivity index (χ2v) is 7.11. The molecule has 6 heteroatoms. The van der Waals surface area contributed by atoms with Crippen LogP contribution in [0, 0.1) is 0 Å². The topological polar surface area (TPSA) is 80.3 Å². The van der Waals surface area contributed by atoms with E-state index in [1.165, 1.54) is 5.56 Å². The molecule has 0 aliphatic carbocycles. The summed E-state index contributed by atoms with van der Waals surface area (Å²) in [4.78, 5) is 28.1. The Kier molecular flexibility index (Phi) is 8.61. The van der Waals surface area contributed by atoms with E-state index in [9.17, 15) is 9.59 Å². The molecule has 0 bridgehead atoms. The lowest BCUT2D eigenvalue weighted by atomic mass is 10.2. The van der Waals surface area contributed by atoms with Crippen molar-refractivity contribution in [3.63, 3.8) is 0 Å².